The molecule has 0 aliphatic heterocycles. The van der Waals surface area contributed by atoms with Gasteiger partial charge in [-0.05, 0) is 79.1 Å². The van der Waals surface area contributed by atoms with Gasteiger partial charge in [-0.25, -0.2) is 14.4 Å². The highest BCUT2D eigenvalue weighted by molar-refractivity contribution is 7.84. The molecule has 5 rings (SSSR count). The molecule has 0 radical (unpaired) electrons. The Balaban J connectivity index is 1.30. The first-order valence-corrected chi connectivity index (χ1v) is 14.6. The van der Waals surface area contributed by atoms with E-state index in [1.807, 2.05) is 36.4 Å². The maximum absolute atomic E-state index is 13.4. The fraction of sp³-hybridized carbons (Fsp3) is 0.200. The number of aryl methyl sites for hydroxylation is 1. The molecule has 200 valence electrons. The van der Waals surface area contributed by atoms with Gasteiger partial charge in [0.15, 0.2) is 0 Å². The fourth-order valence-corrected chi connectivity index (χ4v) is 5.05. The lowest BCUT2D eigenvalue weighted by atomic mass is 10.1. The second-order valence-electron chi connectivity index (χ2n) is 9.14. The van der Waals surface area contributed by atoms with Gasteiger partial charge in [0.05, 0.1) is 10.5 Å². The van der Waals surface area contributed by atoms with Crippen LogP contribution in [-0.2, 0) is 23.8 Å². The molecule has 1 atom stereocenters. The van der Waals surface area contributed by atoms with Gasteiger partial charge in [0.1, 0.15) is 41.8 Å². The van der Waals surface area contributed by atoms with Gasteiger partial charge in [0, 0.05) is 45.9 Å². The molecule has 1 unspecified atom stereocenters. The number of rotatable bonds is 11. The lowest BCUT2D eigenvalue weighted by Crippen LogP contribution is -1.99. The van der Waals surface area contributed by atoms with Gasteiger partial charge < -0.3 is 14.5 Å². The van der Waals surface area contributed by atoms with E-state index in [-0.39, 0.29) is 12.4 Å². The monoisotopic (exact) mass is 563 g/mol. The fourth-order valence-electron chi connectivity index (χ4n) is 4.20. The summed E-state index contributed by atoms with van der Waals surface area (Å²) in [6.45, 7) is 0.206. The molecule has 0 amide bonds. The van der Waals surface area contributed by atoms with Gasteiger partial charge in [-0.15, -0.1) is 0 Å². The summed E-state index contributed by atoms with van der Waals surface area (Å²) in [4.78, 5) is 8.85. The van der Waals surface area contributed by atoms with Crippen molar-refractivity contribution in [2.75, 3.05) is 17.3 Å². The Labute approximate surface area is 233 Å². The third-order valence-electron chi connectivity index (χ3n) is 6.16. The zero-order valence-electron chi connectivity index (χ0n) is 21.3. The van der Waals surface area contributed by atoms with Crippen molar-refractivity contribution in [3.8, 4) is 17.1 Å². The molecule has 0 aliphatic carbocycles. The van der Waals surface area contributed by atoms with E-state index < -0.39 is 10.8 Å². The molecule has 0 saturated heterocycles. The standard InChI is InChI=1S/C30H27ClFN3O3S/c1-39(36)14-3-2-7-24-10-13-28(38-24)21-8-11-27-25(16-21)30(34-19-33-27)35-23-9-12-29(26(31)17-23)37-18-20-5-4-6-22(32)15-20/h4-6,8-13,15-17,19H,2-3,7,14,18H2,1H3,(H,33,34,35). The Morgan fingerprint density at radius 3 is 2.74 bits per heavy atom. The highest BCUT2D eigenvalue weighted by Gasteiger charge is 2.11. The van der Waals surface area contributed by atoms with Crippen LogP contribution in [0.1, 0.15) is 24.2 Å². The molecule has 0 spiro atoms. The molecule has 2 aromatic heterocycles. The zero-order valence-corrected chi connectivity index (χ0v) is 22.9. The van der Waals surface area contributed by atoms with Crippen molar-refractivity contribution >= 4 is 44.8 Å². The number of hydrogen-bond donors (Lipinski definition) is 1. The molecule has 2 heterocycles. The van der Waals surface area contributed by atoms with E-state index in [2.05, 4.69) is 15.3 Å². The van der Waals surface area contributed by atoms with Crippen LogP contribution in [-0.4, -0.2) is 26.2 Å². The first kappa shape index (κ1) is 26.8. The van der Waals surface area contributed by atoms with E-state index in [0.29, 0.717) is 22.3 Å². The summed E-state index contributed by atoms with van der Waals surface area (Å²) in [6.07, 6.45) is 5.89. The van der Waals surface area contributed by atoms with Crippen LogP contribution in [0.2, 0.25) is 5.02 Å². The van der Waals surface area contributed by atoms with Crippen molar-refractivity contribution in [2.45, 2.75) is 25.9 Å². The molecule has 0 bridgehead atoms. The normalized spacial score (nSPS) is 12.0. The van der Waals surface area contributed by atoms with Gasteiger partial charge in [-0.3, -0.25) is 4.21 Å². The van der Waals surface area contributed by atoms with Crippen molar-refractivity contribution < 1.29 is 17.8 Å². The van der Waals surface area contributed by atoms with E-state index in [0.717, 1.165) is 58.5 Å². The van der Waals surface area contributed by atoms with Crippen molar-refractivity contribution in [1.29, 1.82) is 0 Å². The van der Waals surface area contributed by atoms with Crippen LogP contribution >= 0.6 is 11.6 Å². The molecule has 0 aliphatic rings. The average Bonchev–Trinajstić information content (AvgIpc) is 3.40. The topological polar surface area (TPSA) is 77.2 Å². The van der Waals surface area contributed by atoms with Crippen LogP contribution in [0.5, 0.6) is 5.75 Å². The third kappa shape index (κ3) is 7.02. The van der Waals surface area contributed by atoms with E-state index in [9.17, 15) is 8.60 Å². The molecule has 0 fully saturated rings. The van der Waals surface area contributed by atoms with Gasteiger partial charge in [0.2, 0.25) is 0 Å². The van der Waals surface area contributed by atoms with E-state index in [1.54, 1.807) is 30.5 Å². The minimum Gasteiger partial charge on any atom is -0.487 e. The Kier molecular flexibility index (Phi) is 8.54. The number of benzene rings is 3. The summed E-state index contributed by atoms with van der Waals surface area (Å²) in [5.41, 5.74) is 3.16. The van der Waals surface area contributed by atoms with E-state index in [4.69, 9.17) is 20.8 Å². The highest BCUT2D eigenvalue weighted by Crippen LogP contribution is 2.33. The molecule has 0 saturated carbocycles. The first-order chi connectivity index (χ1) is 18.9. The number of anilines is 2. The maximum atomic E-state index is 13.4. The summed E-state index contributed by atoms with van der Waals surface area (Å²) >= 11 is 6.48. The van der Waals surface area contributed by atoms with Gasteiger partial charge in [0.25, 0.3) is 0 Å². The van der Waals surface area contributed by atoms with Gasteiger partial charge in [-0.1, -0.05) is 23.7 Å². The van der Waals surface area contributed by atoms with Crippen molar-refractivity contribution in [1.82, 2.24) is 9.97 Å². The highest BCUT2D eigenvalue weighted by atomic mass is 35.5. The van der Waals surface area contributed by atoms with Crippen LogP contribution in [0.15, 0.2) is 83.5 Å². The number of aromatic nitrogens is 2. The Bertz CT molecular complexity index is 1620. The number of hydrogen-bond acceptors (Lipinski definition) is 6. The summed E-state index contributed by atoms with van der Waals surface area (Å²) in [5.74, 6) is 3.21. The number of furan rings is 1. The second-order valence-corrected chi connectivity index (χ2v) is 11.1. The summed E-state index contributed by atoms with van der Waals surface area (Å²) < 4.78 is 36.6. The van der Waals surface area contributed by atoms with Crippen molar-refractivity contribution in [3.63, 3.8) is 0 Å². The summed E-state index contributed by atoms with van der Waals surface area (Å²) in [5, 5.41) is 4.58. The minimum atomic E-state index is -0.764. The van der Waals surface area contributed by atoms with E-state index >= 15 is 0 Å². The predicted octanol–water partition coefficient (Wildman–Crippen LogP) is 7.71. The third-order valence-corrected chi connectivity index (χ3v) is 7.32. The molecule has 3 aromatic carbocycles. The molecule has 6 nitrogen and oxygen atoms in total. The zero-order chi connectivity index (χ0) is 27.2. The van der Waals surface area contributed by atoms with Crippen LogP contribution in [0.25, 0.3) is 22.2 Å². The lowest BCUT2D eigenvalue weighted by Gasteiger charge is -2.12. The molecular formula is C30H27ClFN3O3S. The molecule has 5 aromatic rings. The molecule has 9 heteroatoms. The summed E-state index contributed by atoms with van der Waals surface area (Å²) in [7, 11) is -0.764. The molecular weight excluding hydrogens is 537 g/mol. The number of fused-ring (bicyclic) bond motifs is 1. The number of nitrogens with one attached hydrogen (secondary N) is 1. The molecule has 1 N–H and O–H groups in total. The number of unbranched alkanes of at least 4 members (excludes halogenated alkanes) is 1. The molecule has 39 heavy (non-hydrogen) atoms. The Morgan fingerprint density at radius 1 is 1.03 bits per heavy atom. The van der Waals surface area contributed by atoms with Gasteiger partial charge >= 0.3 is 0 Å². The van der Waals surface area contributed by atoms with Crippen LogP contribution in [0.3, 0.4) is 0 Å². The smallest absolute Gasteiger partial charge is 0.141 e. The van der Waals surface area contributed by atoms with Crippen molar-refractivity contribution in [2.24, 2.45) is 0 Å². The lowest BCUT2D eigenvalue weighted by molar-refractivity contribution is 0.306. The van der Waals surface area contributed by atoms with Crippen LogP contribution in [0, 0.1) is 5.82 Å². The number of ether oxygens (including phenoxy) is 1. The first-order valence-electron chi connectivity index (χ1n) is 12.5. The Morgan fingerprint density at radius 2 is 1.92 bits per heavy atom. The van der Waals surface area contributed by atoms with Crippen LogP contribution in [0.4, 0.5) is 15.9 Å². The predicted molar refractivity (Wildman–Crippen MR) is 155 cm³/mol. The Hall–Kier alpha value is -3.75. The maximum Gasteiger partial charge on any atom is 0.141 e. The quantitative estimate of drug-likeness (QED) is 0.166. The second kappa shape index (κ2) is 12.4. The number of halogens is 2. The van der Waals surface area contributed by atoms with Crippen molar-refractivity contribution in [3.05, 3.63) is 101 Å². The largest absolute Gasteiger partial charge is 0.487 e. The minimum absolute atomic E-state index is 0.206. The van der Waals surface area contributed by atoms with Crippen LogP contribution < -0.4 is 10.1 Å². The summed E-state index contributed by atoms with van der Waals surface area (Å²) in [6, 6.07) is 21.5. The SMILES string of the molecule is CS(=O)CCCCc1ccc(-c2ccc3ncnc(Nc4ccc(OCc5cccc(F)c5)c(Cl)c4)c3c2)o1. The van der Waals surface area contributed by atoms with E-state index in [1.165, 1.54) is 18.5 Å². The number of nitrogens with zero attached hydrogens (tertiary/aromatic N) is 2. The average molecular weight is 564 g/mol. The van der Waals surface area contributed by atoms with Gasteiger partial charge in [-0.2, -0.15) is 0 Å².